The average Bonchev–Trinajstić information content (AvgIpc) is 1.85. The summed E-state index contributed by atoms with van der Waals surface area (Å²) in [5, 5.41) is 7.57. The standard InChI is InChI=1S/C2H8N2.C2H6O.H3O4P/c3-1-2-4;1-2-3;1-5(2,3)4/h1-4H2;3H,2H2,1H3;(H3,1,2,3,4). The van der Waals surface area contributed by atoms with Gasteiger partial charge in [0.2, 0.25) is 0 Å². The van der Waals surface area contributed by atoms with Crippen molar-refractivity contribution in [3.8, 4) is 0 Å². The zero-order chi connectivity index (χ0) is 10.6. The summed E-state index contributed by atoms with van der Waals surface area (Å²) in [5.74, 6) is 0. The van der Waals surface area contributed by atoms with Crippen molar-refractivity contribution in [1.82, 2.24) is 0 Å². The fourth-order valence-electron chi connectivity index (χ4n) is 0. The first-order valence-electron chi connectivity index (χ1n) is 3.12. The number of aliphatic hydroxyl groups excluding tert-OH is 1. The van der Waals surface area contributed by atoms with Crippen molar-refractivity contribution in [3.63, 3.8) is 0 Å². The highest BCUT2D eigenvalue weighted by Gasteiger charge is 2.00. The molecule has 0 saturated heterocycles. The molecule has 0 aromatic heterocycles. The third kappa shape index (κ3) is 824. The molecule has 0 rings (SSSR count). The van der Waals surface area contributed by atoms with Gasteiger partial charge in [-0.1, -0.05) is 0 Å². The van der Waals surface area contributed by atoms with Crippen molar-refractivity contribution in [2.45, 2.75) is 6.92 Å². The van der Waals surface area contributed by atoms with Gasteiger partial charge in [-0.2, -0.15) is 0 Å². The zero-order valence-corrected chi connectivity index (χ0v) is 7.81. The third-order valence-corrected chi connectivity index (χ3v) is 0.167. The van der Waals surface area contributed by atoms with Gasteiger partial charge >= 0.3 is 7.82 Å². The highest BCUT2D eigenvalue weighted by molar-refractivity contribution is 7.45. The van der Waals surface area contributed by atoms with Gasteiger partial charge in [0.05, 0.1) is 0 Å². The summed E-state index contributed by atoms with van der Waals surface area (Å²) in [6.45, 7) is 3.12. The molecule has 0 amide bonds. The molecule has 0 aromatic rings. The van der Waals surface area contributed by atoms with E-state index in [2.05, 4.69) is 0 Å². The minimum absolute atomic E-state index is 0.250. The molecule has 0 aliphatic rings. The molecule has 7 nitrogen and oxygen atoms in total. The van der Waals surface area contributed by atoms with Crippen molar-refractivity contribution in [2.75, 3.05) is 19.7 Å². The quantitative estimate of drug-likeness (QED) is 0.269. The van der Waals surface area contributed by atoms with E-state index in [1.54, 1.807) is 6.92 Å². The largest absolute Gasteiger partial charge is 0.466 e. The van der Waals surface area contributed by atoms with Crippen LogP contribution in [0.3, 0.4) is 0 Å². The summed E-state index contributed by atoms with van der Waals surface area (Å²) in [6, 6.07) is 0. The fraction of sp³-hybridized carbons (Fsp3) is 1.00. The van der Waals surface area contributed by atoms with Crippen LogP contribution in [0.2, 0.25) is 0 Å². The maximum atomic E-state index is 8.88. The predicted octanol–water partition coefficient (Wildman–Crippen LogP) is -2.03. The van der Waals surface area contributed by atoms with Crippen LogP contribution in [0.15, 0.2) is 0 Å². The van der Waals surface area contributed by atoms with Crippen LogP contribution >= 0.6 is 7.82 Å². The van der Waals surface area contributed by atoms with E-state index in [1.165, 1.54) is 0 Å². The van der Waals surface area contributed by atoms with Crippen molar-refractivity contribution in [2.24, 2.45) is 11.5 Å². The van der Waals surface area contributed by atoms with Crippen LogP contribution in [0, 0.1) is 0 Å². The Morgan fingerprint density at radius 2 is 1.25 bits per heavy atom. The molecular weight excluding hydrogens is 187 g/mol. The summed E-state index contributed by atoms with van der Waals surface area (Å²) in [6.07, 6.45) is 0. The first-order chi connectivity index (χ1) is 5.33. The van der Waals surface area contributed by atoms with Crippen LogP contribution in [0.5, 0.6) is 0 Å². The molecule has 0 aromatic carbocycles. The lowest BCUT2D eigenvalue weighted by Gasteiger charge is -1.82. The van der Waals surface area contributed by atoms with E-state index < -0.39 is 7.82 Å². The van der Waals surface area contributed by atoms with Gasteiger partial charge in [-0.15, -0.1) is 0 Å². The molecule has 0 saturated carbocycles. The number of nitrogens with two attached hydrogens (primary N) is 2. The first kappa shape index (κ1) is 17.9. The van der Waals surface area contributed by atoms with E-state index in [0.29, 0.717) is 13.1 Å². The molecule has 12 heavy (non-hydrogen) atoms. The molecule has 0 atom stereocenters. The summed E-state index contributed by atoms with van der Waals surface area (Å²) >= 11 is 0. The molecule has 8 N–H and O–H groups in total. The summed E-state index contributed by atoms with van der Waals surface area (Å²) in [7, 11) is -4.64. The molecule has 78 valence electrons. The smallest absolute Gasteiger partial charge is 0.397 e. The highest BCUT2D eigenvalue weighted by atomic mass is 31.2. The van der Waals surface area contributed by atoms with Crippen LogP contribution in [0.4, 0.5) is 0 Å². The monoisotopic (exact) mass is 204 g/mol. The van der Waals surface area contributed by atoms with Crippen LogP contribution in [-0.4, -0.2) is 39.5 Å². The maximum Gasteiger partial charge on any atom is 0.466 e. The van der Waals surface area contributed by atoms with Crippen LogP contribution in [-0.2, 0) is 4.57 Å². The summed E-state index contributed by atoms with van der Waals surface area (Å²) in [5.41, 5.74) is 9.81. The van der Waals surface area contributed by atoms with Crippen LogP contribution in [0.1, 0.15) is 6.92 Å². The lowest BCUT2D eigenvalue weighted by Crippen LogP contribution is -2.11. The Balaban J connectivity index is -0.000000105. The number of aliphatic hydroxyl groups is 1. The second-order valence-electron chi connectivity index (χ2n) is 1.41. The average molecular weight is 204 g/mol. The van der Waals surface area contributed by atoms with Gasteiger partial charge in [0.25, 0.3) is 0 Å². The Kier molecular flexibility index (Phi) is 20.3. The second kappa shape index (κ2) is 13.6. The minimum atomic E-state index is -4.64. The molecule has 8 heteroatoms. The molecule has 0 spiro atoms. The van der Waals surface area contributed by atoms with Gasteiger partial charge in [0, 0.05) is 19.7 Å². The lowest BCUT2D eigenvalue weighted by atomic mass is 10.7. The van der Waals surface area contributed by atoms with E-state index in [0.717, 1.165) is 0 Å². The van der Waals surface area contributed by atoms with E-state index in [9.17, 15) is 0 Å². The van der Waals surface area contributed by atoms with Gasteiger partial charge in [0.1, 0.15) is 0 Å². The second-order valence-corrected chi connectivity index (χ2v) is 2.43. The Hall–Kier alpha value is -0.0100. The van der Waals surface area contributed by atoms with Gasteiger partial charge in [-0.05, 0) is 6.92 Å². The highest BCUT2D eigenvalue weighted by Crippen LogP contribution is 2.25. The van der Waals surface area contributed by atoms with Crippen molar-refractivity contribution in [3.05, 3.63) is 0 Å². The Bertz CT molecular complexity index is 95.4. The van der Waals surface area contributed by atoms with Gasteiger partial charge < -0.3 is 31.3 Å². The van der Waals surface area contributed by atoms with Crippen LogP contribution in [0.25, 0.3) is 0 Å². The first-order valence-corrected chi connectivity index (χ1v) is 4.69. The van der Waals surface area contributed by atoms with Crippen molar-refractivity contribution >= 4 is 7.82 Å². The zero-order valence-electron chi connectivity index (χ0n) is 6.92. The predicted molar refractivity (Wildman–Crippen MR) is 45.1 cm³/mol. The number of hydrogen-bond acceptors (Lipinski definition) is 4. The van der Waals surface area contributed by atoms with E-state index in [1.807, 2.05) is 0 Å². The number of phosphoric acid groups is 1. The molecule has 0 bridgehead atoms. The van der Waals surface area contributed by atoms with Crippen molar-refractivity contribution in [1.29, 1.82) is 0 Å². The topological polar surface area (TPSA) is 150 Å². The molecule has 0 radical (unpaired) electrons. The normalized spacial score (nSPS) is 8.92. The fourth-order valence-corrected chi connectivity index (χ4v) is 0. The molecule has 0 aliphatic carbocycles. The SMILES string of the molecule is CCO.NCCN.O=P(O)(O)O. The van der Waals surface area contributed by atoms with E-state index in [4.69, 9.17) is 35.8 Å². The third-order valence-electron chi connectivity index (χ3n) is 0.167. The Labute approximate surface area is 71.3 Å². The molecule has 0 fully saturated rings. The number of hydrogen-bond donors (Lipinski definition) is 6. The minimum Gasteiger partial charge on any atom is -0.397 e. The van der Waals surface area contributed by atoms with E-state index >= 15 is 0 Å². The maximum absolute atomic E-state index is 8.88. The van der Waals surface area contributed by atoms with E-state index in [-0.39, 0.29) is 6.61 Å². The number of rotatable bonds is 1. The van der Waals surface area contributed by atoms with Gasteiger partial charge in [-0.25, -0.2) is 4.57 Å². The van der Waals surface area contributed by atoms with Gasteiger partial charge in [-0.3, -0.25) is 0 Å². The Morgan fingerprint density at radius 3 is 1.25 bits per heavy atom. The molecule has 0 aliphatic heterocycles. The molecule has 0 unspecified atom stereocenters. The summed E-state index contributed by atoms with van der Waals surface area (Å²) in [4.78, 5) is 21.6. The molecular formula is C4H17N2O5P. The summed E-state index contributed by atoms with van der Waals surface area (Å²) < 4.78 is 8.88. The van der Waals surface area contributed by atoms with Crippen molar-refractivity contribution < 1.29 is 24.4 Å². The van der Waals surface area contributed by atoms with Crippen LogP contribution < -0.4 is 11.5 Å². The Morgan fingerprint density at radius 1 is 1.17 bits per heavy atom. The lowest BCUT2D eigenvalue weighted by molar-refractivity contribution is 0.275. The van der Waals surface area contributed by atoms with Gasteiger partial charge in [0.15, 0.2) is 0 Å². The molecule has 0 heterocycles.